The number of piperidine rings is 1. The zero-order chi connectivity index (χ0) is 42.2. The summed E-state index contributed by atoms with van der Waals surface area (Å²) in [5.74, 6) is 1.38. The van der Waals surface area contributed by atoms with Gasteiger partial charge in [-0.25, -0.2) is 19.6 Å². The Kier molecular flexibility index (Phi) is 11.4. The monoisotopic (exact) mass is 814 g/mol. The number of aromatic amines is 2. The van der Waals surface area contributed by atoms with Crippen LogP contribution < -0.4 is 10.6 Å². The smallest absolute Gasteiger partial charge is 0.407 e. The van der Waals surface area contributed by atoms with Gasteiger partial charge in [-0.15, -0.1) is 0 Å². The number of H-pyrrole nitrogens is 2. The van der Waals surface area contributed by atoms with Crippen LogP contribution in [0.4, 0.5) is 9.59 Å². The highest BCUT2D eigenvalue weighted by atomic mass is 16.5. The van der Waals surface area contributed by atoms with E-state index in [0.29, 0.717) is 12.5 Å². The molecule has 2 aliphatic heterocycles. The van der Waals surface area contributed by atoms with Crippen molar-refractivity contribution in [2.45, 2.75) is 90.0 Å². The van der Waals surface area contributed by atoms with E-state index in [0.717, 1.165) is 88.2 Å². The standard InChI is InChI=1S/C46H54N8O6/c1-25(2)38(51-45(57)59-5)43(55)53-19-7-8-37(53)41-47-24-36(49-41)32-16-15-30-20-29(13-14-31(30)21-32)27-9-11-28(12-10-27)35-23-48-42(50-35)40-33-17-18-34(22-33)54(40)44(56)39(26(3)4)52-46(58)60-6/h9-16,20-21,23-26,33-34,37-40H,7-8,17-19,22H2,1-6H3,(H,47,49)(H,48,50)(H,51,57)(H,52,58)/t33-,34+,37-,38-,39-,40-/m0/s1. The van der Waals surface area contributed by atoms with Gasteiger partial charge in [-0.3, -0.25) is 9.59 Å². The molecule has 0 unspecified atom stereocenters. The van der Waals surface area contributed by atoms with Crippen LogP contribution in [0.2, 0.25) is 0 Å². The van der Waals surface area contributed by atoms with E-state index in [1.165, 1.54) is 14.2 Å². The van der Waals surface area contributed by atoms with Gasteiger partial charge in [-0.05, 0) is 89.5 Å². The third-order valence-electron chi connectivity index (χ3n) is 12.6. The molecule has 1 aliphatic carbocycles. The number of aromatic nitrogens is 4. The molecule has 2 aromatic heterocycles. The van der Waals surface area contributed by atoms with E-state index in [2.05, 4.69) is 81.3 Å². The van der Waals surface area contributed by atoms with Gasteiger partial charge in [0.2, 0.25) is 11.8 Å². The quantitative estimate of drug-likeness (QED) is 0.105. The zero-order valence-corrected chi connectivity index (χ0v) is 35.0. The molecule has 0 spiro atoms. The Morgan fingerprint density at radius 2 is 1.23 bits per heavy atom. The second kappa shape index (κ2) is 16.8. The number of rotatable bonds is 11. The van der Waals surface area contributed by atoms with Gasteiger partial charge in [0, 0.05) is 18.2 Å². The molecule has 4 N–H and O–H groups in total. The fourth-order valence-corrected chi connectivity index (χ4v) is 9.43. The van der Waals surface area contributed by atoms with Gasteiger partial charge in [0.1, 0.15) is 23.7 Å². The molecule has 3 aliphatic rings. The predicted molar refractivity (Wildman–Crippen MR) is 227 cm³/mol. The van der Waals surface area contributed by atoms with Crippen molar-refractivity contribution in [2.75, 3.05) is 20.8 Å². The molecule has 3 fully saturated rings. The van der Waals surface area contributed by atoms with Crippen molar-refractivity contribution >= 4 is 34.8 Å². The third-order valence-corrected chi connectivity index (χ3v) is 12.6. The number of nitrogens with zero attached hydrogens (tertiary/aromatic N) is 4. The maximum Gasteiger partial charge on any atom is 0.407 e. The predicted octanol–water partition coefficient (Wildman–Crippen LogP) is 7.76. The van der Waals surface area contributed by atoms with Crippen molar-refractivity contribution in [1.82, 2.24) is 40.4 Å². The number of fused-ring (bicyclic) bond motifs is 3. The Hall–Kier alpha value is -6.18. The molecule has 2 saturated heterocycles. The number of alkyl carbamates (subject to hydrolysis) is 2. The summed E-state index contributed by atoms with van der Waals surface area (Å²) in [4.78, 5) is 72.0. The minimum Gasteiger partial charge on any atom is -0.453 e. The molecule has 8 rings (SSSR count). The number of carbonyl (C=O) groups is 4. The number of likely N-dealkylation sites (tertiary alicyclic amines) is 2. The van der Waals surface area contributed by atoms with Crippen molar-refractivity contribution in [3.63, 3.8) is 0 Å². The van der Waals surface area contributed by atoms with Crippen molar-refractivity contribution in [3.8, 4) is 33.6 Å². The summed E-state index contributed by atoms with van der Waals surface area (Å²) < 4.78 is 9.60. The summed E-state index contributed by atoms with van der Waals surface area (Å²) >= 11 is 0. The van der Waals surface area contributed by atoms with E-state index < -0.39 is 24.3 Å². The molecule has 1 saturated carbocycles. The topological polar surface area (TPSA) is 175 Å². The zero-order valence-electron chi connectivity index (χ0n) is 35.0. The number of imidazole rings is 2. The van der Waals surface area contributed by atoms with Gasteiger partial charge in [-0.2, -0.15) is 0 Å². The number of nitrogens with one attached hydrogen (secondary N) is 4. The highest BCUT2D eigenvalue weighted by Crippen LogP contribution is 2.50. The summed E-state index contributed by atoms with van der Waals surface area (Å²) in [7, 11) is 2.60. The highest BCUT2D eigenvalue weighted by molar-refractivity contribution is 5.91. The SMILES string of the molecule is COC(=O)N[C@H](C(=O)N1CCC[C@H]1c1ncc(-c2ccc3cc(-c4ccc(-c5cnc([C@@H]6[C@H]7CC[C@H](C7)N6C(=O)[C@@H](NC(=O)OC)C(C)C)[nH]5)cc4)ccc3c2)[nH]1)C(C)C. The van der Waals surface area contributed by atoms with Crippen LogP contribution in [0, 0.1) is 17.8 Å². The summed E-state index contributed by atoms with van der Waals surface area (Å²) in [5, 5.41) is 7.66. The van der Waals surface area contributed by atoms with E-state index >= 15 is 0 Å². The van der Waals surface area contributed by atoms with Crippen LogP contribution in [-0.4, -0.2) is 92.6 Å². The van der Waals surface area contributed by atoms with Gasteiger partial charge in [-0.1, -0.05) is 76.2 Å². The average molecular weight is 815 g/mol. The number of hydrogen-bond donors (Lipinski definition) is 4. The second-order valence-corrected chi connectivity index (χ2v) is 17.0. The van der Waals surface area contributed by atoms with E-state index in [9.17, 15) is 19.2 Å². The van der Waals surface area contributed by atoms with E-state index in [4.69, 9.17) is 19.4 Å². The minimum atomic E-state index is -0.688. The largest absolute Gasteiger partial charge is 0.453 e. The van der Waals surface area contributed by atoms with Gasteiger partial charge >= 0.3 is 12.2 Å². The molecule has 4 heterocycles. The van der Waals surface area contributed by atoms with Crippen LogP contribution >= 0.6 is 0 Å². The Bertz CT molecular complexity index is 2390. The molecule has 314 valence electrons. The number of hydrogen-bond acceptors (Lipinski definition) is 8. The van der Waals surface area contributed by atoms with Crippen LogP contribution in [0.25, 0.3) is 44.4 Å². The van der Waals surface area contributed by atoms with Gasteiger partial charge in [0.15, 0.2) is 0 Å². The van der Waals surface area contributed by atoms with Gasteiger partial charge in [0.25, 0.3) is 0 Å². The van der Waals surface area contributed by atoms with Crippen LogP contribution in [-0.2, 0) is 19.1 Å². The second-order valence-electron chi connectivity index (χ2n) is 17.0. The van der Waals surface area contributed by atoms with Crippen LogP contribution in [0.15, 0.2) is 73.1 Å². The molecule has 14 nitrogen and oxygen atoms in total. The van der Waals surface area contributed by atoms with Crippen molar-refractivity contribution in [2.24, 2.45) is 17.8 Å². The Labute approximate surface area is 349 Å². The summed E-state index contributed by atoms with van der Waals surface area (Å²) in [5.41, 5.74) is 5.93. The summed E-state index contributed by atoms with van der Waals surface area (Å²) in [6, 6.07) is 19.6. The Morgan fingerprint density at radius 3 is 1.88 bits per heavy atom. The number of ether oxygens (including phenoxy) is 2. The maximum atomic E-state index is 13.9. The molecule has 5 aromatic rings. The van der Waals surface area contributed by atoms with Crippen molar-refractivity contribution in [1.29, 1.82) is 0 Å². The Morgan fingerprint density at radius 1 is 0.683 bits per heavy atom. The lowest BCUT2D eigenvalue weighted by Gasteiger charge is -2.37. The normalized spacial score (nSPS) is 20.8. The number of carbonyl (C=O) groups excluding carboxylic acids is 4. The number of amides is 4. The third kappa shape index (κ3) is 7.82. The molecule has 14 heteroatoms. The summed E-state index contributed by atoms with van der Waals surface area (Å²) in [6.45, 7) is 8.27. The number of methoxy groups -OCH3 is 2. The van der Waals surface area contributed by atoms with Crippen LogP contribution in [0.1, 0.15) is 83.5 Å². The van der Waals surface area contributed by atoms with Crippen molar-refractivity contribution in [3.05, 3.63) is 84.7 Å². The van der Waals surface area contributed by atoms with Gasteiger partial charge in [0.05, 0.1) is 50.1 Å². The first-order chi connectivity index (χ1) is 28.9. The minimum absolute atomic E-state index is 0.0918. The lowest BCUT2D eigenvalue weighted by atomic mass is 9.95. The molecule has 2 bridgehead atoms. The van der Waals surface area contributed by atoms with Gasteiger partial charge < -0.3 is 39.9 Å². The van der Waals surface area contributed by atoms with E-state index in [-0.39, 0.29) is 41.8 Å². The molecule has 3 aromatic carbocycles. The molecular formula is C46H54N8O6. The first-order valence-corrected chi connectivity index (χ1v) is 21.0. The molecule has 4 amide bonds. The van der Waals surface area contributed by atoms with E-state index in [1.54, 1.807) is 0 Å². The van der Waals surface area contributed by atoms with E-state index in [1.807, 2.05) is 49.9 Å². The average Bonchev–Trinajstić information content (AvgIpc) is 4.12. The molecular weight excluding hydrogens is 761 g/mol. The number of benzene rings is 3. The highest BCUT2D eigenvalue weighted by Gasteiger charge is 2.51. The lowest BCUT2D eigenvalue weighted by molar-refractivity contribution is -0.139. The first-order valence-electron chi connectivity index (χ1n) is 21.0. The maximum absolute atomic E-state index is 13.9. The molecule has 6 atom stereocenters. The Balaban J connectivity index is 0.954. The lowest BCUT2D eigenvalue weighted by Crippen LogP contribution is -2.54. The van der Waals surface area contributed by atoms with Crippen molar-refractivity contribution < 1.29 is 28.7 Å². The van der Waals surface area contributed by atoms with Crippen LogP contribution in [0.5, 0.6) is 0 Å². The summed E-state index contributed by atoms with van der Waals surface area (Å²) in [6.07, 6.45) is 7.00. The fraction of sp³-hybridized carbons (Fsp3) is 0.435. The molecule has 60 heavy (non-hydrogen) atoms. The molecule has 0 radical (unpaired) electrons. The first kappa shape index (κ1) is 40.6. The van der Waals surface area contributed by atoms with Crippen LogP contribution in [0.3, 0.4) is 0 Å². The fourth-order valence-electron chi connectivity index (χ4n) is 9.43.